The Balaban J connectivity index is 0.00000242. The highest BCUT2D eigenvalue weighted by molar-refractivity contribution is 9.10. The second-order valence-electron chi connectivity index (χ2n) is 5.71. The van der Waals surface area contributed by atoms with E-state index in [2.05, 4.69) is 21.2 Å². The lowest BCUT2D eigenvalue weighted by Crippen LogP contribution is -2.52. The molecule has 1 atom stereocenters. The molecule has 2 rings (SSSR count). The smallest absolute Gasteiger partial charge is 0.247 e. The fraction of sp³-hybridized carbons (Fsp3) is 0.467. The minimum absolute atomic E-state index is 0. The minimum atomic E-state index is -1.16. The van der Waals surface area contributed by atoms with Crippen molar-refractivity contribution in [2.75, 3.05) is 13.6 Å². The third-order valence-electron chi connectivity index (χ3n) is 3.56. The van der Waals surface area contributed by atoms with Gasteiger partial charge in [0.25, 0.3) is 0 Å². The van der Waals surface area contributed by atoms with Crippen LogP contribution in [0.4, 0.5) is 0 Å². The van der Waals surface area contributed by atoms with Crippen LogP contribution < -0.4 is 11.1 Å². The van der Waals surface area contributed by atoms with Gasteiger partial charge in [-0.25, -0.2) is 0 Å². The number of benzene rings is 1. The summed E-state index contributed by atoms with van der Waals surface area (Å²) in [5.41, 5.74) is 5.74. The fourth-order valence-corrected chi connectivity index (χ4v) is 2.37. The molecule has 5 nitrogen and oxygen atoms in total. The molecule has 0 radical (unpaired) electrons. The Morgan fingerprint density at radius 2 is 1.91 bits per heavy atom. The number of halogens is 2. The highest BCUT2D eigenvalue weighted by atomic mass is 79.9. The number of likely N-dealkylation sites (N-methyl/N-ethyl adjacent to an activating group) is 1. The van der Waals surface area contributed by atoms with Crippen LogP contribution in [0.1, 0.15) is 25.3 Å². The van der Waals surface area contributed by atoms with E-state index in [9.17, 15) is 9.59 Å². The lowest BCUT2D eigenvalue weighted by Gasteiger charge is -2.29. The van der Waals surface area contributed by atoms with E-state index in [1.54, 1.807) is 26.1 Å². The lowest BCUT2D eigenvalue weighted by atomic mass is 9.92. The summed E-state index contributed by atoms with van der Waals surface area (Å²) in [6.45, 7) is 1.69. The highest BCUT2D eigenvalue weighted by Gasteiger charge is 2.34. The van der Waals surface area contributed by atoms with E-state index >= 15 is 0 Å². The first-order valence-electron chi connectivity index (χ1n) is 6.90. The van der Waals surface area contributed by atoms with Crippen molar-refractivity contribution in [2.24, 2.45) is 5.73 Å². The first kappa shape index (κ1) is 18.9. The Hall–Kier alpha value is -1.11. The Morgan fingerprint density at radius 3 is 2.41 bits per heavy atom. The predicted molar refractivity (Wildman–Crippen MR) is 91.7 cm³/mol. The monoisotopic (exact) mass is 389 g/mol. The number of nitrogens with one attached hydrogen (secondary N) is 1. The standard InChI is InChI=1S/C15H20BrN3O2.ClH/c1-15(17,10-3-5-11(16)6-4-10)14(21)19(2)9-13(20)18-12-7-8-12;/h3-6,12H,7-9,17H2,1-2H3,(H,18,20);1H. The van der Waals surface area contributed by atoms with Crippen LogP contribution in [0.15, 0.2) is 28.7 Å². The van der Waals surface area contributed by atoms with Crippen LogP contribution in [0.3, 0.4) is 0 Å². The van der Waals surface area contributed by atoms with Crippen LogP contribution >= 0.6 is 28.3 Å². The van der Waals surface area contributed by atoms with Gasteiger partial charge in [-0.1, -0.05) is 28.1 Å². The van der Waals surface area contributed by atoms with Crippen molar-refractivity contribution in [1.29, 1.82) is 0 Å². The van der Waals surface area contributed by atoms with Crippen molar-refractivity contribution in [3.05, 3.63) is 34.3 Å². The van der Waals surface area contributed by atoms with Crippen LogP contribution in [0.25, 0.3) is 0 Å². The summed E-state index contributed by atoms with van der Waals surface area (Å²) in [4.78, 5) is 25.6. The number of nitrogens with two attached hydrogens (primary N) is 1. The van der Waals surface area contributed by atoms with Crippen molar-refractivity contribution in [3.8, 4) is 0 Å². The second kappa shape index (κ2) is 7.44. The maximum absolute atomic E-state index is 12.5. The molecule has 122 valence electrons. The molecule has 3 N–H and O–H groups in total. The minimum Gasteiger partial charge on any atom is -0.352 e. The average Bonchev–Trinajstić information content (AvgIpc) is 3.21. The molecule has 22 heavy (non-hydrogen) atoms. The summed E-state index contributed by atoms with van der Waals surface area (Å²) >= 11 is 3.35. The van der Waals surface area contributed by atoms with Crippen molar-refractivity contribution < 1.29 is 9.59 Å². The molecular formula is C15H21BrClN3O2. The number of hydrogen-bond acceptors (Lipinski definition) is 3. The first-order chi connectivity index (χ1) is 9.80. The highest BCUT2D eigenvalue weighted by Crippen LogP contribution is 2.22. The largest absolute Gasteiger partial charge is 0.352 e. The fourth-order valence-electron chi connectivity index (χ4n) is 2.10. The third-order valence-corrected chi connectivity index (χ3v) is 4.09. The maximum atomic E-state index is 12.5. The van der Waals surface area contributed by atoms with Gasteiger partial charge in [0.1, 0.15) is 5.54 Å². The zero-order valence-electron chi connectivity index (χ0n) is 12.6. The van der Waals surface area contributed by atoms with Crippen LogP contribution in [-0.4, -0.2) is 36.3 Å². The molecule has 1 saturated carbocycles. The van der Waals surface area contributed by atoms with E-state index in [-0.39, 0.29) is 36.8 Å². The SMILES string of the molecule is CN(CC(=O)NC1CC1)C(=O)C(C)(N)c1ccc(Br)cc1.Cl. The maximum Gasteiger partial charge on any atom is 0.247 e. The number of rotatable bonds is 5. The Bertz CT molecular complexity index is 544. The van der Waals surface area contributed by atoms with E-state index < -0.39 is 5.54 Å². The van der Waals surface area contributed by atoms with Crippen molar-refractivity contribution in [1.82, 2.24) is 10.2 Å². The van der Waals surface area contributed by atoms with E-state index in [4.69, 9.17) is 5.73 Å². The second-order valence-corrected chi connectivity index (χ2v) is 6.63. The van der Waals surface area contributed by atoms with Gasteiger partial charge in [-0.3, -0.25) is 9.59 Å². The zero-order valence-corrected chi connectivity index (χ0v) is 15.0. The van der Waals surface area contributed by atoms with Crippen LogP contribution in [0, 0.1) is 0 Å². The first-order valence-corrected chi connectivity index (χ1v) is 7.70. The normalized spacial score (nSPS) is 16.2. The summed E-state index contributed by atoms with van der Waals surface area (Å²) in [7, 11) is 1.60. The molecule has 1 aromatic rings. The zero-order chi connectivity index (χ0) is 15.6. The predicted octanol–water partition coefficient (Wildman–Crippen LogP) is 1.78. The molecule has 1 aromatic carbocycles. The van der Waals surface area contributed by atoms with Crippen molar-refractivity contribution >= 4 is 40.2 Å². The summed E-state index contributed by atoms with van der Waals surface area (Å²) in [6.07, 6.45) is 2.05. The molecule has 7 heteroatoms. The van der Waals surface area contributed by atoms with E-state index in [1.165, 1.54) is 4.90 Å². The van der Waals surface area contributed by atoms with Gasteiger partial charge in [0.05, 0.1) is 6.54 Å². The van der Waals surface area contributed by atoms with Gasteiger partial charge < -0.3 is 16.0 Å². The number of hydrogen-bond donors (Lipinski definition) is 2. The van der Waals surface area contributed by atoms with Gasteiger partial charge in [0, 0.05) is 17.6 Å². The van der Waals surface area contributed by atoms with Gasteiger partial charge in [-0.05, 0) is 37.5 Å². The molecule has 0 saturated heterocycles. The quantitative estimate of drug-likeness (QED) is 0.805. The Kier molecular flexibility index (Phi) is 6.40. The van der Waals surface area contributed by atoms with Crippen LogP contribution in [0.2, 0.25) is 0 Å². The lowest BCUT2D eigenvalue weighted by molar-refractivity contribution is -0.139. The van der Waals surface area contributed by atoms with Gasteiger partial charge in [-0.2, -0.15) is 0 Å². The summed E-state index contributed by atoms with van der Waals surface area (Å²) in [5.74, 6) is -0.421. The van der Waals surface area contributed by atoms with Gasteiger partial charge >= 0.3 is 0 Å². The number of carbonyl (C=O) groups is 2. The van der Waals surface area contributed by atoms with Crippen LogP contribution in [-0.2, 0) is 15.1 Å². The van der Waals surface area contributed by atoms with E-state index in [0.717, 1.165) is 17.3 Å². The molecule has 0 bridgehead atoms. The molecule has 1 aliphatic rings. The molecule has 0 aliphatic heterocycles. The summed E-state index contributed by atoms with van der Waals surface area (Å²) < 4.78 is 0.923. The molecular weight excluding hydrogens is 370 g/mol. The van der Waals surface area contributed by atoms with E-state index in [1.807, 2.05) is 12.1 Å². The molecule has 1 fully saturated rings. The van der Waals surface area contributed by atoms with E-state index in [0.29, 0.717) is 5.56 Å². The molecule has 2 amide bonds. The van der Waals surface area contributed by atoms with Gasteiger partial charge in [0.15, 0.2) is 0 Å². The number of nitrogens with zero attached hydrogens (tertiary/aromatic N) is 1. The molecule has 0 spiro atoms. The third kappa shape index (κ3) is 4.69. The average molecular weight is 391 g/mol. The Morgan fingerprint density at radius 1 is 1.36 bits per heavy atom. The van der Waals surface area contributed by atoms with Crippen LogP contribution in [0.5, 0.6) is 0 Å². The number of amides is 2. The molecule has 1 unspecified atom stereocenters. The van der Waals surface area contributed by atoms with Crippen molar-refractivity contribution in [3.63, 3.8) is 0 Å². The van der Waals surface area contributed by atoms with Gasteiger partial charge in [-0.15, -0.1) is 12.4 Å². The number of carbonyl (C=O) groups excluding carboxylic acids is 2. The Labute approximate surface area is 145 Å². The van der Waals surface area contributed by atoms with Gasteiger partial charge in [0.2, 0.25) is 11.8 Å². The molecule has 0 aromatic heterocycles. The molecule has 1 aliphatic carbocycles. The summed E-state index contributed by atoms with van der Waals surface area (Å²) in [5, 5.41) is 2.86. The molecule has 0 heterocycles. The van der Waals surface area contributed by atoms with Crippen molar-refractivity contribution in [2.45, 2.75) is 31.3 Å². The topological polar surface area (TPSA) is 75.4 Å². The summed E-state index contributed by atoms with van der Waals surface area (Å²) in [6, 6.07) is 7.58.